The molecule has 1 atom stereocenters. The van der Waals surface area contributed by atoms with Crippen LogP contribution < -0.4 is 11.1 Å². The van der Waals surface area contributed by atoms with E-state index < -0.39 is 11.9 Å². The van der Waals surface area contributed by atoms with Crippen LogP contribution in [-0.4, -0.2) is 54.2 Å². The Hall–Kier alpha value is -1.14. The van der Waals surface area contributed by atoms with E-state index in [2.05, 4.69) is 5.32 Å². The normalized spacial score (nSPS) is 12.2. The van der Waals surface area contributed by atoms with Crippen molar-refractivity contribution < 1.29 is 9.59 Å². The molecule has 5 nitrogen and oxygen atoms in total. The Bertz CT molecular complexity index is 465. The lowest BCUT2D eigenvalue weighted by molar-refractivity contribution is -0.133. The van der Waals surface area contributed by atoms with E-state index >= 15 is 0 Å². The summed E-state index contributed by atoms with van der Waals surface area (Å²) in [5.74, 6) is -0.130. The largest absolute Gasteiger partial charge is 0.322 e. The number of carbonyl (C=O) groups is 2. The average molecular weight is 346 g/mol. The van der Waals surface area contributed by atoms with E-state index in [4.69, 9.17) is 28.9 Å². The van der Waals surface area contributed by atoms with Gasteiger partial charge in [0.1, 0.15) is 0 Å². The summed E-state index contributed by atoms with van der Waals surface area (Å²) in [6.45, 7) is 0.792. The first-order valence-electron chi connectivity index (χ1n) is 7.06. The zero-order valence-corrected chi connectivity index (χ0v) is 13.8. The first kappa shape index (κ1) is 18.9. The third-order valence-corrected chi connectivity index (χ3v) is 3.54. The molecule has 1 rings (SSSR count). The number of alkyl halides is 2. The van der Waals surface area contributed by atoms with E-state index in [1.165, 1.54) is 0 Å². The SMILES string of the molecule is NCC(=O)NC(=O)[C@H](Cc1ccccc1)N(CCCl)CCCl. The Balaban J connectivity index is 2.91. The number of carbonyl (C=O) groups excluding carboxylic acids is 2. The van der Waals surface area contributed by atoms with Crippen molar-refractivity contribution in [3.63, 3.8) is 0 Å². The molecule has 0 fully saturated rings. The Morgan fingerprint density at radius 3 is 2.23 bits per heavy atom. The zero-order chi connectivity index (χ0) is 16.4. The molecule has 0 bridgehead atoms. The number of nitrogens with zero attached hydrogens (tertiary/aromatic N) is 1. The molecule has 1 aromatic rings. The fourth-order valence-electron chi connectivity index (χ4n) is 2.14. The molecule has 7 heteroatoms. The van der Waals surface area contributed by atoms with Gasteiger partial charge in [-0.15, -0.1) is 23.2 Å². The summed E-state index contributed by atoms with van der Waals surface area (Å²) in [5.41, 5.74) is 6.24. The van der Waals surface area contributed by atoms with Crippen LogP contribution in [0, 0.1) is 0 Å². The Labute approximate surface area is 140 Å². The maximum atomic E-state index is 12.4. The van der Waals surface area contributed by atoms with Gasteiger partial charge < -0.3 is 5.73 Å². The van der Waals surface area contributed by atoms with Crippen molar-refractivity contribution in [2.24, 2.45) is 5.73 Å². The molecule has 122 valence electrons. The van der Waals surface area contributed by atoms with Gasteiger partial charge in [-0.25, -0.2) is 0 Å². The summed E-state index contributed by atoms with van der Waals surface area (Å²) >= 11 is 11.6. The molecule has 3 N–H and O–H groups in total. The van der Waals surface area contributed by atoms with Crippen molar-refractivity contribution in [2.75, 3.05) is 31.4 Å². The molecule has 0 spiro atoms. The fourth-order valence-corrected chi connectivity index (χ4v) is 2.57. The van der Waals surface area contributed by atoms with Crippen LogP contribution in [0.15, 0.2) is 30.3 Å². The van der Waals surface area contributed by atoms with Gasteiger partial charge in [-0.3, -0.25) is 19.8 Å². The monoisotopic (exact) mass is 345 g/mol. The molecule has 22 heavy (non-hydrogen) atoms. The average Bonchev–Trinajstić information content (AvgIpc) is 2.53. The van der Waals surface area contributed by atoms with Gasteiger partial charge in [-0.05, 0) is 12.0 Å². The maximum Gasteiger partial charge on any atom is 0.244 e. The maximum absolute atomic E-state index is 12.4. The fraction of sp³-hybridized carbons (Fsp3) is 0.467. The van der Waals surface area contributed by atoms with Crippen LogP contribution >= 0.6 is 23.2 Å². The Morgan fingerprint density at radius 2 is 1.73 bits per heavy atom. The second-order valence-electron chi connectivity index (χ2n) is 4.74. The minimum Gasteiger partial charge on any atom is -0.322 e. The van der Waals surface area contributed by atoms with Crippen LogP contribution in [0.5, 0.6) is 0 Å². The number of hydrogen-bond acceptors (Lipinski definition) is 4. The third-order valence-electron chi connectivity index (χ3n) is 3.21. The number of rotatable bonds is 9. The predicted octanol–water partition coefficient (Wildman–Crippen LogP) is 0.979. The number of halogens is 2. The lowest BCUT2D eigenvalue weighted by atomic mass is 10.0. The molecular weight excluding hydrogens is 325 g/mol. The van der Waals surface area contributed by atoms with Crippen molar-refractivity contribution >= 4 is 35.0 Å². The van der Waals surface area contributed by atoms with Crippen LogP contribution in [0.2, 0.25) is 0 Å². The Morgan fingerprint density at radius 1 is 1.14 bits per heavy atom. The van der Waals surface area contributed by atoms with Crippen LogP contribution in [0.25, 0.3) is 0 Å². The third kappa shape index (κ3) is 6.32. The van der Waals surface area contributed by atoms with E-state index in [1.54, 1.807) is 0 Å². The summed E-state index contributed by atoms with van der Waals surface area (Å²) in [6.07, 6.45) is 0.471. The van der Waals surface area contributed by atoms with Crippen molar-refractivity contribution in [2.45, 2.75) is 12.5 Å². The molecular formula is C15H21Cl2N3O2. The summed E-state index contributed by atoms with van der Waals surface area (Å²) < 4.78 is 0. The molecule has 1 aromatic carbocycles. The second kappa shape index (κ2) is 10.6. The van der Waals surface area contributed by atoms with E-state index in [9.17, 15) is 9.59 Å². The topological polar surface area (TPSA) is 75.4 Å². The highest BCUT2D eigenvalue weighted by Gasteiger charge is 2.26. The summed E-state index contributed by atoms with van der Waals surface area (Å²) in [7, 11) is 0. The van der Waals surface area contributed by atoms with Gasteiger partial charge in [0.25, 0.3) is 0 Å². The quantitative estimate of drug-likeness (QED) is 0.654. The van der Waals surface area contributed by atoms with Crippen LogP contribution in [0.3, 0.4) is 0 Å². The van der Waals surface area contributed by atoms with Crippen LogP contribution in [-0.2, 0) is 16.0 Å². The lowest BCUT2D eigenvalue weighted by Crippen LogP contribution is -2.51. The standard InChI is InChI=1S/C15H21Cl2N3O2/c16-6-8-20(9-7-17)13(15(22)19-14(21)11-18)10-12-4-2-1-3-5-12/h1-5,13H,6-11,18H2,(H,19,21,22)/t13-/m0/s1. The van der Waals surface area contributed by atoms with Gasteiger partial charge in [-0.1, -0.05) is 30.3 Å². The van der Waals surface area contributed by atoms with Gasteiger partial charge in [0, 0.05) is 24.8 Å². The number of benzene rings is 1. The van der Waals surface area contributed by atoms with Crippen molar-refractivity contribution in [3.8, 4) is 0 Å². The minimum atomic E-state index is -0.518. The van der Waals surface area contributed by atoms with Crippen molar-refractivity contribution in [1.82, 2.24) is 10.2 Å². The number of nitrogens with one attached hydrogen (secondary N) is 1. The van der Waals surface area contributed by atoms with Crippen LogP contribution in [0.1, 0.15) is 5.56 Å². The number of amides is 2. The number of imide groups is 1. The van der Waals surface area contributed by atoms with Gasteiger partial charge >= 0.3 is 0 Å². The molecule has 0 saturated carbocycles. The molecule has 0 radical (unpaired) electrons. The highest BCUT2D eigenvalue weighted by Crippen LogP contribution is 2.10. The van der Waals surface area contributed by atoms with Gasteiger partial charge in [0.05, 0.1) is 12.6 Å². The minimum absolute atomic E-state index is 0.227. The molecule has 0 unspecified atom stereocenters. The number of nitrogens with two attached hydrogens (primary N) is 1. The molecule has 0 saturated heterocycles. The molecule has 0 aliphatic carbocycles. The van der Waals surface area contributed by atoms with Crippen molar-refractivity contribution in [3.05, 3.63) is 35.9 Å². The van der Waals surface area contributed by atoms with E-state index in [1.807, 2.05) is 35.2 Å². The molecule has 0 aliphatic rings. The van der Waals surface area contributed by atoms with E-state index in [0.717, 1.165) is 5.56 Å². The van der Waals surface area contributed by atoms with Gasteiger partial charge in [0.2, 0.25) is 11.8 Å². The zero-order valence-electron chi connectivity index (χ0n) is 12.3. The summed E-state index contributed by atoms with van der Waals surface area (Å²) in [4.78, 5) is 25.7. The van der Waals surface area contributed by atoms with Crippen LogP contribution in [0.4, 0.5) is 0 Å². The highest BCUT2D eigenvalue weighted by molar-refractivity contribution is 6.18. The first-order valence-corrected chi connectivity index (χ1v) is 8.13. The predicted molar refractivity (Wildman–Crippen MR) is 89.2 cm³/mol. The number of hydrogen-bond donors (Lipinski definition) is 2. The second-order valence-corrected chi connectivity index (χ2v) is 5.49. The lowest BCUT2D eigenvalue weighted by Gasteiger charge is -2.29. The van der Waals surface area contributed by atoms with Gasteiger partial charge in [-0.2, -0.15) is 0 Å². The molecule has 2 amide bonds. The molecule has 0 heterocycles. The molecule has 0 aliphatic heterocycles. The van der Waals surface area contributed by atoms with Gasteiger partial charge in [0.15, 0.2) is 0 Å². The Kier molecular flexibility index (Phi) is 9.08. The summed E-state index contributed by atoms with van der Waals surface area (Å²) in [6, 6.07) is 9.07. The highest BCUT2D eigenvalue weighted by atomic mass is 35.5. The van der Waals surface area contributed by atoms with E-state index in [-0.39, 0.29) is 12.5 Å². The smallest absolute Gasteiger partial charge is 0.244 e. The molecule has 0 aromatic heterocycles. The van der Waals surface area contributed by atoms with Crippen molar-refractivity contribution in [1.29, 1.82) is 0 Å². The summed E-state index contributed by atoms with van der Waals surface area (Å²) in [5, 5.41) is 2.32. The first-order chi connectivity index (χ1) is 10.6. The van der Waals surface area contributed by atoms with E-state index in [0.29, 0.717) is 31.3 Å².